The molecule has 2 fully saturated rings. The molecule has 316 valence electrons. The summed E-state index contributed by atoms with van der Waals surface area (Å²) in [5, 5.41) is 0. The molecule has 2 radical (unpaired) electrons. The summed E-state index contributed by atoms with van der Waals surface area (Å²) in [5.74, 6) is 3.49. The van der Waals surface area contributed by atoms with Gasteiger partial charge in [-0.2, -0.15) is 0 Å². The molecule has 3 unspecified atom stereocenters. The molecule has 5 rings (SSSR count). The Hall–Kier alpha value is -1.11. The standard InChI is InChI=1S/C31H40NO3.C19H29NO.HI.2Y/c1-5-7-15-31(34)35-27-18-16-26(17-19-27)23-32(20-8-6-2)21-10-9-14-29(32)30(33)22-28-24(3)12-11-13-25(28)4;1-4-5-12-20-13-7-6-11-18(20)19(21)14-17-15(2)9-8-10-16(17)3;;;/h1,11-13,16-19,29H,6-10,14-15,20-23H2,2-4H3;8-10,18H,4-7,11-14H2,1-3H3;1H;;/q+1;;;;/p-1. The molecule has 2 heterocycles. The second-order valence-corrected chi connectivity index (χ2v) is 16.4. The van der Waals surface area contributed by atoms with Crippen LogP contribution in [-0.4, -0.2) is 65.2 Å². The Morgan fingerprint density at radius 1 is 0.763 bits per heavy atom. The van der Waals surface area contributed by atoms with Gasteiger partial charge in [0.15, 0.2) is 11.6 Å². The van der Waals surface area contributed by atoms with Crippen molar-refractivity contribution in [3.63, 3.8) is 0 Å². The molecule has 0 saturated carbocycles. The minimum Gasteiger partial charge on any atom is -1.00 e. The first-order valence-electron chi connectivity index (χ1n) is 21.5. The number of carbonyl (C=O) groups is 3. The third-order valence-electron chi connectivity index (χ3n) is 12.2. The van der Waals surface area contributed by atoms with Crippen molar-refractivity contribution in [2.75, 3.05) is 26.2 Å². The number of carbonyl (C=O) groups excluding carboxylic acids is 3. The zero-order valence-corrected chi connectivity index (χ0v) is 44.8. The second-order valence-electron chi connectivity index (χ2n) is 16.4. The fourth-order valence-corrected chi connectivity index (χ4v) is 8.88. The predicted molar refractivity (Wildman–Crippen MR) is 230 cm³/mol. The Bertz CT molecular complexity index is 1750. The quantitative estimate of drug-likeness (QED) is 0.0472. The number of halogens is 1. The van der Waals surface area contributed by atoms with Gasteiger partial charge in [0, 0.05) is 96.7 Å². The number of hydrogen-bond acceptors (Lipinski definition) is 5. The summed E-state index contributed by atoms with van der Waals surface area (Å²) in [6.07, 6.45) is 18.3. The van der Waals surface area contributed by atoms with Crippen LogP contribution in [0.25, 0.3) is 0 Å². The maximum absolute atomic E-state index is 13.8. The Kier molecular flexibility index (Phi) is 27.8. The van der Waals surface area contributed by atoms with Crippen molar-refractivity contribution in [3.8, 4) is 18.1 Å². The van der Waals surface area contributed by atoms with Gasteiger partial charge >= 0.3 is 5.97 Å². The van der Waals surface area contributed by atoms with Crippen molar-refractivity contribution in [1.29, 1.82) is 0 Å². The zero-order valence-electron chi connectivity index (χ0n) is 37.0. The minimum absolute atomic E-state index is 0. The molecule has 9 heteroatoms. The summed E-state index contributed by atoms with van der Waals surface area (Å²) in [5.41, 5.74) is 8.51. The summed E-state index contributed by atoms with van der Waals surface area (Å²) < 4.78 is 6.24. The number of piperidine rings is 2. The number of nitrogens with zero attached hydrogens (tertiary/aromatic N) is 2. The largest absolute Gasteiger partial charge is 1.00 e. The van der Waals surface area contributed by atoms with E-state index in [4.69, 9.17) is 11.2 Å². The van der Waals surface area contributed by atoms with Crippen LogP contribution in [0.2, 0.25) is 0 Å². The van der Waals surface area contributed by atoms with Gasteiger partial charge in [0.05, 0.1) is 25.6 Å². The predicted octanol–water partition coefficient (Wildman–Crippen LogP) is 7.17. The smallest absolute Gasteiger partial charge is 0.312 e. The fraction of sp³-hybridized carbons (Fsp3) is 0.540. The molecule has 3 atom stereocenters. The van der Waals surface area contributed by atoms with E-state index in [0.29, 0.717) is 36.6 Å². The normalized spacial score (nSPS) is 18.7. The maximum Gasteiger partial charge on any atom is 0.312 e. The van der Waals surface area contributed by atoms with E-state index in [0.717, 1.165) is 75.7 Å². The molecule has 2 aliphatic rings. The molecular formula is C50H69IN2O4Y2. The fourth-order valence-electron chi connectivity index (χ4n) is 8.88. The number of benzene rings is 3. The molecular weight excluding hydrogens is 997 g/mol. The van der Waals surface area contributed by atoms with Crippen LogP contribution in [0.5, 0.6) is 5.75 Å². The van der Waals surface area contributed by atoms with E-state index in [2.05, 4.69) is 88.8 Å². The summed E-state index contributed by atoms with van der Waals surface area (Å²) in [6, 6.07) is 20.6. The summed E-state index contributed by atoms with van der Waals surface area (Å²) >= 11 is 0. The third-order valence-corrected chi connectivity index (χ3v) is 12.2. The number of aryl methyl sites for hydroxylation is 4. The molecule has 2 aliphatic heterocycles. The SMILES string of the molecule is C#CCCC(=O)Oc1ccc(C[N+]2(CCCC)CCCCC2C(=O)Cc2c(C)cccc2C)cc1.CCCCN1CCCCC1C(=O)Cc1c(C)cccc1C.[I-].[Y].[Y]. The molecule has 0 aromatic heterocycles. The molecule has 2 saturated heterocycles. The average molecular weight is 1070 g/mol. The van der Waals surface area contributed by atoms with Crippen molar-refractivity contribution in [2.45, 2.75) is 150 Å². The van der Waals surface area contributed by atoms with E-state index in [1.165, 1.54) is 64.6 Å². The van der Waals surface area contributed by atoms with Gasteiger partial charge in [-0.15, -0.1) is 12.3 Å². The molecule has 0 aliphatic carbocycles. The molecule has 6 nitrogen and oxygen atoms in total. The first-order valence-corrected chi connectivity index (χ1v) is 21.5. The molecule has 0 amide bonds. The van der Waals surface area contributed by atoms with Crippen molar-refractivity contribution in [1.82, 2.24) is 4.90 Å². The summed E-state index contributed by atoms with van der Waals surface area (Å²) in [6.45, 7) is 17.9. The number of likely N-dealkylation sites (tertiary alicyclic amines) is 2. The Morgan fingerprint density at radius 2 is 1.32 bits per heavy atom. The van der Waals surface area contributed by atoms with Gasteiger partial charge in [-0.05, 0) is 137 Å². The first kappa shape index (κ1) is 55.9. The average Bonchev–Trinajstić information content (AvgIpc) is 3.19. The van der Waals surface area contributed by atoms with Gasteiger partial charge in [-0.3, -0.25) is 19.3 Å². The van der Waals surface area contributed by atoms with Gasteiger partial charge in [0.1, 0.15) is 18.3 Å². The van der Waals surface area contributed by atoms with Gasteiger partial charge in [0.25, 0.3) is 0 Å². The van der Waals surface area contributed by atoms with Crippen molar-refractivity contribution < 1.29 is 113 Å². The Labute approximate surface area is 424 Å². The number of hydrogen-bond donors (Lipinski definition) is 0. The van der Waals surface area contributed by atoms with Gasteiger partial charge < -0.3 is 33.2 Å². The van der Waals surface area contributed by atoms with Crippen LogP contribution in [0.15, 0.2) is 60.7 Å². The molecule has 3 aromatic carbocycles. The van der Waals surface area contributed by atoms with E-state index < -0.39 is 0 Å². The van der Waals surface area contributed by atoms with E-state index >= 15 is 0 Å². The van der Waals surface area contributed by atoms with E-state index in [1.807, 2.05) is 24.3 Å². The number of rotatable bonds is 17. The van der Waals surface area contributed by atoms with Gasteiger partial charge in [-0.25, -0.2) is 0 Å². The number of Topliss-reactive ketones (excluding diaryl/α,β-unsaturated/α-hetero) is 2. The number of terminal acetylenes is 1. The number of ketones is 2. The second kappa shape index (κ2) is 29.3. The Balaban J connectivity index is 0.000000626. The van der Waals surface area contributed by atoms with Gasteiger partial charge in [0.2, 0.25) is 0 Å². The van der Waals surface area contributed by atoms with Crippen LogP contribution in [0.4, 0.5) is 0 Å². The maximum atomic E-state index is 13.8. The van der Waals surface area contributed by atoms with Crippen LogP contribution in [0.1, 0.15) is 130 Å². The van der Waals surface area contributed by atoms with Crippen LogP contribution < -0.4 is 28.7 Å². The zero-order chi connectivity index (χ0) is 40.5. The number of ether oxygens (including phenoxy) is 1. The van der Waals surface area contributed by atoms with Crippen molar-refractivity contribution in [3.05, 3.63) is 99.6 Å². The topological polar surface area (TPSA) is 63.7 Å². The molecule has 3 aromatic rings. The van der Waals surface area contributed by atoms with Crippen LogP contribution in [-0.2, 0) is 99.2 Å². The molecule has 59 heavy (non-hydrogen) atoms. The minimum atomic E-state index is -0.310. The summed E-state index contributed by atoms with van der Waals surface area (Å²) in [4.78, 5) is 41.0. The Morgan fingerprint density at radius 3 is 1.88 bits per heavy atom. The molecule has 0 bridgehead atoms. The van der Waals surface area contributed by atoms with Crippen molar-refractivity contribution >= 4 is 17.5 Å². The van der Waals surface area contributed by atoms with Crippen LogP contribution in [0, 0.1) is 40.0 Å². The van der Waals surface area contributed by atoms with Crippen LogP contribution >= 0.6 is 0 Å². The summed E-state index contributed by atoms with van der Waals surface area (Å²) in [7, 11) is 0. The van der Waals surface area contributed by atoms with Crippen LogP contribution in [0.3, 0.4) is 0 Å². The monoisotopic (exact) mass is 1070 g/mol. The number of quaternary nitrogens is 1. The number of esters is 1. The number of unbranched alkanes of at least 4 members (excludes halogenated alkanes) is 2. The van der Waals surface area contributed by atoms with E-state index in [1.54, 1.807) is 0 Å². The van der Waals surface area contributed by atoms with E-state index in [9.17, 15) is 14.4 Å². The first-order chi connectivity index (χ1) is 27.0. The van der Waals surface area contributed by atoms with E-state index in [-0.39, 0.29) is 114 Å². The molecule has 0 N–H and O–H groups in total. The molecule has 0 spiro atoms. The van der Waals surface area contributed by atoms with Crippen molar-refractivity contribution in [2.24, 2.45) is 0 Å². The third kappa shape index (κ3) is 17.2. The van der Waals surface area contributed by atoms with Gasteiger partial charge in [-0.1, -0.05) is 69.5 Å².